The minimum atomic E-state index is -3.64. The number of fused-ring (bicyclic) bond motifs is 1. The van der Waals surface area contributed by atoms with E-state index in [0.29, 0.717) is 5.69 Å². The lowest BCUT2D eigenvalue weighted by molar-refractivity contribution is 0.601. The van der Waals surface area contributed by atoms with Gasteiger partial charge in [-0.2, -0.15) is 0 Å². The first-order valence-electron chi connectivity index (χ1n) is 8.23. The SMILES string of the molecule is Cc1ccc(S(=O)(=O)Nc2ccccc2C2Nc3ccccc3S2)cc1. The maximum absolute atomic E-state index is 12.8. The Kier molecular flexibility index (Phi) is 4.38. The normalized spacial score (nSPS) is 16.0. The van der Waals surface area contributed by atoms with Crippen LogP contribution in [0.25, 0.3) is 0 Å². The van der Waals surface area contributed by atoms with Crippen LogP contribution in [0.1, 0.15) is 16.5 Å². The number of sulfonamides is 1. The molecule has 4 rings (SSSR count). The highest BCUT2D eigenvalue weighted by Crippen LogP contribution is 2.47. The molecular formula is C20H18N2O2S2. The summed E-state index contributed by atoms with van der Waals surface area (Å²) in [6.07, 6.45) is 0. The fraction of sp³-hybridized carbons (Fsp3) is 0.100. The summed E-state index contributed by atoms with van der Waals surface area (Å²) in [6, 6.07) is 22.4. The molecule has 0 aliphatic carbocycles. The van der Waals surface area contributed by atoms with Gasteiger partial charge in [0.05, 0.1) is 10.6 Å². The van der Waals surface area contributed by atoms with Crippen molar-refractivity contribution in [1.82, 2.24) is 0 Å². The Balaban J connectivity index is 1.64. The number of thioether (sulfide) groups is 1. The van der Waals surface area contributed by atoms with Gasteiger partial charge in [-0.3, -0.25) is 4.72 Å². The van der Waals surface area contributed by atoms with E-state index in [4.69, 9.17) is 0 Å². The Morgan fingerprint density at radius 2 is 1.62 bits per heavy atom. The third-order valence-electron chi connectivity index (χ3n) is 4.24. The molecule has 3 aromatic carbocycles. The third-order valence-corrected chi connectivity index (χ3v) is 6.84. The van der Waals surface area contributed by atoms with Gasteiger partial charge in [0.15, 0.2) is 0 Å². The molecule has 1 atom stereocenters. The molecule has 4 nitrogen and oxygen atoms in total. The van der Waals surface area contributed by atoms with Crippen LogP contribution in [0.2, 0.25) is 0 Å². The number of anilines is 2. The van der Waals surface area contributed by atoms with Crippen molar-refractivity contribution in [3.63, 3.8) is 0 Å². The minimum absolute atomic E-state index is 0.0377. The molecule has 1 aliphatic heterocycles. The summed E-state index contributed by atoms with van der Waals surface area (Å²) in [6.45, 7) is 1.93. The molecule has 6 heteroatoms. The van der Waals surface area contributed by atoms with Crippen molar-refractivity contribution in [2.24, 2.45) is 0 Å². The fourth-order valence-electron chi connectivity index (χ4n) is 2.87. The molecule has 3 aromatic rings. The Hall–Kier alpha value is -2.44. The second kappa shape index (κ2) is 6.70. The number of aryl methyl sites for hydroxylation is 1. The predicted octanol–water partition coefficient (Wildman–Crippen LogP) is 5.01. The zero-order valence-electron chi connectivity index (χ0n) is 14.1. The topological polar surface area (TPSA) is 58.2 Å². The highest BCUT2D eigenvalue weighted by Gasteiger charge is 2.26. The zero-order chi connectivity index (χ0) is 18.1. The fourth-order valence-corrected chi connectivity index (χ4v) is 5.14. The Morgan fingerprint density at radius 3 is 2.38 bits per heavy atom. The summed E-state index contributed by atoms with van der Waals surface area (Å²) in [4.78, 5) is 1.42. The van der Waals surface area contributed by atoms with Crippen LogP contribution in [0.5, 0.6) is 0 Å². The van der Waals surface area contributed by atoms with Crippen molar-refractivity contribution >= 4 is 33.2 Å². The molecule has 26 heavy (non-hydrogen) atoms. The molecule has 0 amide bonds. The summed E-state index contributed by atoms with van der Waals surface area (Å²) in [5, 5.41) is 3.41. The van der Waals surface area contributed by atoms with E-state index in [9.17, 15) is 8.42 Å². The first-order valence-corrected chi connectivity index (χ1v) is 10.6. The van der Waals surface area contributed by atoms with Crippen LogP contribution >= 0.6 is 11.8 Å². The van der Waals surface area contributed by atoms with E-state index in [2.05, 4.69) is 16.1 Å². The Morgan fingerprint density at radius 1 is 0.923 bits per heavy atom. The molecular weight excluding hydrogens is 364 g/mol. The molecule has 0 radical (unpaired) electrons. The van der Waals surface area contributed by atoms with Gasteiger partial charge in [-0.15, -0.1) is 0 Å². The van der Waals surface area contributed by atoms with Gasteiger partial charge in [-0.25, -0.2) is 8.42 Å². The lowest BCUT2D eigenvalue weighted by atomic mass is 10.2. The summed E-state index contributed by atoms with van der Waals surface area (Å²) >= 11 is 1.68. The molecule has 0 saturated heterocycles. The van der Waals surface area contributed by atoms with Gasteiger partial charge in [0.25, 0.3) is 10.0 Å². The molecule has 0 fully saturated rings. The molecule has 132 valence electrons. The van der Waals surface area contributed by atoms with Crippen LogP contribution in [0, 0.1) is 6.92 Å². The zero-order valence-corrected chi connectivity index (χ0v) is 15.8. The average Bonchev–Trinajstić information content (AvgIpc) is 3.06. The standard InChI is InChI=1S/C20H18N2O2S2/c1-14-10-12-15(13-11-14)26(23,24)22-17-7-3-2-6-16(17)20-21-18-8-4-5-9-19(18)25-20/h2-13,20-22H,1H3. The van der Waals surface area contributed by atoms with Crippen molar-refractivity contribution in [1.29, 1.82) is 0 Å². The van der Waals surface area contributed by atoms with Crippen LogP contribution in [0.3, 0.4) is 0 Å². The monoisotopic (exact) mass is 382 g/mol. The molecule has 1 aliphatic rings. The van der Waals surface area contributed by atoms with E-state index in [1.54, 1.807) is 42.1 Å². The number of para-hydroxylation sites is 2. The van der Waals surface area contributed by atoms with E-state index < -0.39 is 10.0 Å². The van der Waals surface area contributed by atoms with Gasteiger partial charge in [0.2, 0.25) is 0 Å². The number of nitrogens with one attached hydrogen (secondary N) is 2. The van der Waals surface area contributed by atoms with Gasteiger partial charge in [0.1, 0.15) is 5.37 Å². The number of benzene rings is 3. The first kappa shape index (κ1) is 17.0. The predicted molar refractivity (Wildman–Crippen MR) is 107 cm³/mol. The molecule has 0 aromatic heterocycles. The smallest absolute Gasteiger partial charge is 0.261 e. The maximum Gasteiger partial charge on any atom is 0.261 e. The lowest BCUT2D eigenvalue weighted by Gasteiger charge is -2.17. The van der Waals surface area contributed by atoms with Crippen molar-refractivity contribution in [2.75, 3.05) is 10.0 Å². The largest absolute Gasteiger partial charge is 0.368 e. The molecule has 0 spiro atoms. The number of hydrogen-bond donors (Lipinski definition) is 2. The lowest BCUT2D eigenvalue weighted by Crippen LogP contribution is -2.15. The molecule has 2 N–H and O–H groups in total. The number of rotatable bonds is 4. The quantitative estimate of drug-likeness (QED) is 0.666. The van der Waals surface area contributed by atoms with Crippen molar-refractivity contribution < 1.29 is 8.42 Å². The molecule has 1 unspecified atom stereocenters. The third kappa shape index (κ3) is 3.30. The van der Waals surface area contributed by atoms with Gasteiger partial charge in [-0.1, -0.05) is 59.8 Å². The van der Waals surface area contributed by atoms with Crippen molar-refractivity contribution in [3.05, 3.63) is 83.9 Å². The second-order valence-electron chi connectivity index (χ2n) is 6.14. The second-order valence-corrected chi connectivity index (χ2v) is 8.97. The van der Waals surface area contributed by atoms with Gasteiger partial charge in [0, 0.05) is 16.1 Å². The van der Waals surface area contributed by atoms with Crippen LogP contribution in [-0.2, 0) is 10.0 Å². The summed E-state index contributed by atoms with van der Waals surface area (Å²) in [7, 11) is -3.64. The Labute approximate surface area is 157 Å². The summed E-state index contributed by atoms with van der Waals surface area (Å²) in [5.74, 6) is 0. The van der Waals surface area contributed by atoms with Crippen LogP contribution in [0.15, 0.2) is 82.6 Å². The molecule has 1 heterocycles. The van der Waals surface area contributed by atoms with E-state index in [1.807, 2.05) is 43.3 Å². The van der Waals surface area contributed by atoms with Crippen LogP contribution in [0.4, 0.5) is 11.4 Å². The Bertz CT molecular complexity index is 1020. The molecule has 0 saturated carbocycles. The van der Waals surface area contributed by atoms with E-state index >= 15 is 0 Å². The minimum Gasteiger partial charge on any atom is -0.368 e. The highest BCUT2D eigenvalue weighted by molar-refractivity contribution is 8.00. The summed E-state index contributed by atoms with van der Waals surface area (Å²) in [5.41, 5.74) is 3.59. The van der Waals surface area contributed by atoms with Gasteiger partial charge < -0.3 is 5.32 Å². The van der Waals surface area contributed by atoms with Crippen molar-refractivity contribution in [3.8, 4) is 0 Å². The summed E-state index contributed by atoms with van der Waals surface area (Å²) < 4.78 is 28.3. The van der Waals surface area contributed by atoms with Crippen molar-refractivity contribution in [2.45, 2.75) is 22.1 Å². The van der Waals surface area contributed by atoms with E-state index in [1.165, 1.54) is 0 Å². The van der Waals surface area contributed by atoms with Crippen LogP contribution in [-0.4, -0.2) is 8.42 Å². The van der Waals surface area contributed by atoms with Gasteiger partial charge >= 0.3 is 0 Å². The van der Waals surface area contributed by atoms with E-state index in [0.717, 1.165) is 21.7 Å². The average molecular weight is 383 g/mol. The van der Waals surface area contributed by atoms with Crippen LogP contribution < -0.4 is 10.0 Å². The molecule has 0 bridgehead atoms. The first-order chi connectivity index (χ1) is 12.5. The van der Waals surface area contributed by atoms with E-state index in [-0.39, 0.29) is 10.3 Å². The van der Waals surface area contributed by atoms with Gasteiger partial charge in [-0.05, 0) is 37.3 Å². The highest BCUT2D eigenvalue weighted by atomic mass is 32.2. The number of hydrogen-bond acceptors (Lipinski definition) is 4. The maximum atomic E-state index is 12.8.